The number of carboxylic acid groups (broad SMARTS) is 1. The number of unbranched alkanes of at least 4 members (excludes halogenated alkanes) is 15. The first kappa shape index (κ1) is 35.5. The SMILES string of the molecule is CCCCCCCCCCCCCCCCCCC(C)(CC(=O)O)c1cc(C(C)(C)C)c(O)c(C(C)(C)C)c1. The van der Waals surface area contributed by atoms with E-state index >= 15 is 0 Å². The predicted molar refractivity (Wildman–Crippen MR) is 169 cm³/mol. The molecule has 39 heavy (non-hydrogen) atoms. The number of rotatable bonds is 20. The zero-order valence-electron chi connectivity index (χ0n) is 27.2. The van der Waals surface area contributed by atoms with Gasteiger partial charge in [-0.3, -0.25) is 4.79 Å². The number of carbonyl (C=O) groups is 1. The van der Waals surface area contributed by atoms with Gasteiger partial charge >= 0.3 is 5.97 Å². The largest absolute Gasteiger partial charge is 0.507 e. The molecule has 0 fully saturated rings. The van der Waals surface area contributed by atoms with Gasteiger partial charge in [0.1, 0.15) is 5.75 Å². The highest BCUT2D eigenvalue weighted by Crippen LogP contribution is 2.44. The van der Waals surface area contributed by atoms with E-state index in [9.17, 15) is 15.0 Å². The maximum Gasteiger partial charge on any atom is 0.304 e. The molecule has 0 aliphatic carbocycles. The van der Waals surface area contributed by atoms with E-state index in [1.807, 2.05) is 0 Å². The number of hydrogen-bond donors (Lipinski definition) is 2. The molecule has 3 heteroatoms. The van der Waals surface area contributed by atoms with Crippen LogP contribution in [0.4, 0.5) is 0 Å². The van der Waals surface area contributed by atoms with Crippen molar-refractivity contribution in [2.75, 3.05) is 0 Å². The van der Waals surface area contributed by atoms with Gasteiger partial charge in [-0.25, -0.2) is 0 Å². The van der Waals surface area contributed by atoms with Gasteiger partial charge in [0.05, 0.1) is 6.42 Å². The molecular weight excluding hydrogens is 480 g/mol. The molecular formula is C36H64O3. The van der Waals surface area contributed by atoms with E-state index in [-0.39, 0.29) is 17.3 Å². The molecule has 1 aromatic rings. The second-order valence-corrected chi connectivity index (χ2v) is 14.6. The van der Waals surface area contributed by atoms with Crippen molar-refractivity contribution in [2.45, 2.75) is 187 Å². The number of hydrogen-bond acceptors (Lipinski definition) is 2. The van der Waals surface area contributed by atoms with Crippen molar-refractivity contribution >= 4 is 5.97 Å². The van der Waals surface area contributed by atoms with Gasteiger partial charge in [0.25, 0.3) is 0 Å². The van der Waals surface area contributed by atoms with Crippen molar-refractivity contribution in [3.63, 3.8) is 0 Å². The van der Waals surface area contributed by atoms with E-state index in [4.69, 9.17) is 0 Å². The number of benzene rings is 1. The molecule has 0 radical (unpaired) electrons. The van der Waals surface area contributed by atoms with Crippen molar-refractivity contribution in [3.05, 3.63) is 28.8 Å². The molecule has 1 rings (SSSR count). The first-order chi connectivity index (χ1) is 18.2. The van der Waals surface area contributed by atoms with Crippen LogP contribution >= 0.6 is 0 Å². The van der Waals surface area contributed by atoms with Crippen LogP contribution in [0.25, 0.3) is 0 Å². The second-order valence-electron chi connectivity index (χ2n) is 14.6. The van der Waals surface area contributed by atoms with E-state index in [1.165, 1.54) is 89.9 Å². The lowest BCUT2D eigenvalue weighted by molar-refractivity contribution is -0.138. The molecule has 0 aromatic heterocycles. The zero-order chi connectivity index (χ0) is 29.5. The third-order valence-corrected chi connectivity index (χ3v) is 8.55. The summed E-state index contributed by atoms with van der Waals surface area (Å²) in [5.41, 5.74) is 1.98. The Hall–Kier alpha value is -1.51. The van der Waals surface area contributed by atoms with Gasteiger partial charge in [0.2, 0.25) is 0 Å². The van der Waals surface area contributed by atoms with Gasteiger partial charge in [0, 0.05) is 5.41 Å². The Kier molecular flexibility index (Phi) is 15.8. The number of aromatic hydroxyl groups is 1. The van der Waals surface area contributed by atoms with Crippen LogP contribution in [0.3, 0.4) is 0 Å². The minimum absolute atomic E-state index is 0.115. The summed E-state index contributed by atoms with van der Waals surface area (Å²) in [6.07, 6.45) is 22.4. The normalized spacial score (nSPS) is 13.9. The van der Waals surface area contributed by atoms with E-state index in [2.05, 4.69) is 67.5 Å². The maximum absolute atomic E-state index is 11.9. The van der Waals surface area contributed by atoms with E-state index in [1.54, 1.807) is 0 Å². The minimum Gasteiger partial charge on any atom is -0.507 e. The lowest BCUT2D eigenvalue weighted by Gasteiger charge is -2.34. The second kappa shape index (κ2) is 17.3. The summed E-state index contributed by atoms with van der Waals surface area (Å²) in [6.45, 7) is 17.1. The van der Waals surface area contributed by atoms with Crippen molar-refractivity contribution < 1.29 is 15.0 Å². The predicted octanol–water partition coefficient (Wildman–Crippen LogP) is 11.4. The number of phenolic OH excluding ortho intramolecular Hbond substituents is 1. The van der Waals surface area contributed by atoms with Gasteiger partial charge in [-0.2, -0.15) is 0 Å². The molecule has 1 aromatic carbocycles. The van der Waals surface area contributed by atoms with Gasteiger partial charge < -0.3 is 10.2 Å². The molecule has 0 saturated carbocycles. The van der Waals surface area contributed by atoms with Crippen LogP contribution in [0.15, 0.2) is 12.1 Å². The highest BCUT2D eigenvalue weighted by atomic mass is 16.4. The summed E-state index contributed by atoms with van der Waals surface area (Å²) >= 11 is 0. The van der Waals surface area contributed by atoms with Crippen LogP contribution in [0.5, 0.6) is 5.75 Å². The Morgan fingerprint density at radius 1 is 0.615 bits per heavy atom. The van der Waals surface area contributed by atoms with Crippen molar-refractivity contribution in [2.24, 2.45) is 0 Å². The third kappa shape index (κ3) is 13.6. The summed E-state index contributed by atoms with van der Waals surface area (Å²) in [6, 6.07) is 4.17. The first-order valence-electron chi connectivity index (χ1n) is 16.3. The lowest BCUT2D eigenvalue weighted by Crippen LogP contribution is -2.28. The first-order valence-corrected chi connectivity index (χ1v) is 16.3. The molecule has 0 amide bonds. The minimum atomic E-state index is -0.753. The molecule has 0 heterocycles. The summed E-state index contributed by atoms with van der Waals surface area (Å²) in [4.78, 5) is 11.9. The molecule has 2 N–H and O–H groups in total. The fraction of sp³-hybridized carbons (Fsp3) is 0.806. The Morgan fingerprint density at radius 2 is 0.949 bits per heavy atom. The van der Waals surface area contributed by atoms with E-state index < -0.39 is 11.4 Å². The molecule has 3 nitrogen and oxygen atoms in total. The quantitative estimate of drug-likeness (QED) is 0.160. The van der Waals surface area contributed by atoms with Crippen LogP contribution in [0.1, 0.15) is 188 Å². The average Bonchev–Trinajstić information content (AvgIpc) is 2.82. The number of aliphatic carboxylic acids is 1. The third-order valence-electron chi connectivity index (χ3n) is 8.55. The fourth-order valence-electron chi connectivity index (χ4n) is 5.86. The van der Waals surface area contributed by atoms with Crippen LogP contribution in [-0.4, -0.2) is 16.2 Å². The van der Waals surface area contributed by atoms with Gasteiger partial charge in [-0.15, -0.1) is 0 Å². The molecule has 0 aliphatic heterocycles. The monoisotopic (exact) mass is 544 g/mol. The lowest BCUT2D eigenvalue weighted by atomic mass is 9.70. The van der Waals surface area contributed by atoms with Crippen molar-refractivity contribution in [3.8, 4) is 5.75 Å². The number of carboxylic acids is 1. The van der Waals surface area contributed by atoms with Crippen molar-refractivity contribution in [1.29, 1.82) is 0 Å². The standard InChI is InChI=1S/C36H64O3/c1-9-10-11-12-13-14-15-16-17-18-19-20-21-22-23-24-25-36(8,28-32(37)38)29-26-30(34(2,3)4)33(39)31(27-29)35(5,6)7/h26-27,39H,9-25,28H2,1-8H3,(H,37,38). The average molecular weight is 545 g/mol. The Balaban J connectivity index is 2.55. The van der Waals surface area contributed by atoms with Crippen LogP contribution in [-0.2, 0) is 21.0 Å². The summed E-state index contributed by atoms with van der Waals surface area (Å²) in [5, 5.41) is 20.9. The fourth-order valence-corrected chi connectivity index (χ4v) is 5.86. The van der Waals surface area contributed by atoms with E-state index in [0.717, 1.165) is 36.0 Å². The van der Waals surface area contributed by atoms with Gasteiger partial charge in [-0.05, 0) is 33.9 Å². The summed E-state index contributed by atoms with van der Waals surface area (Å²) < 4.78 is 0. The molecule has 0 bridgehead atoms. The molecule has 0 aliphatic rings. The highest BCUT2D eigenvalue weighted by Gasteiger charge is 2.34. The van der Waals surface area contributed by atoms with E-state index in [0.29, 0.717) is 5.75 Å². The van der Waals surface area contributed by atoms with Gasteiger partial charge in [0.15, 0.2) is 0 Å². The maximum atomic E-state index is 11.9. The Morgan fingerprint density at radius 3 is 1.26 bits per heavy atom. The summed E-state index contributed by atoms with van der Waals surface area (Å²) in [5.74, 6) is -0.393. The van der Waals surface area contributed by atoms with Crippen LogP contribution in [0.2, 0.25) is 0 Å². The zero-order valence-corrected chi connectivity index (χ0v) is 27.2. The highest BCUT2D eigenvalue weighted by molar-refractivity contribution is 5.69. The van der Waals surface area contributed by atoms with Crippen LogP contribution in [0, 0.1) is 0 Å². The van der Waals surface area contributed by atoms with Crippen molar-refractivity contribution in [1.82, 2.24) is 0 Å². The van der Waals surface area contributed by atoms with Crippen LogP contribution < -0.4 is 0 Å². The molecule has 1 atom stereocenters. The smallest absolute Gasteiger partial charge is 0.304 e. The summed E-state index contributed by atoms with van der Waals surface area (Å²) in [7, 11) is 0. The molecule has 226 valence electrons. The number of phenols is 1. The molecule has 0 spiro atoms. The Bertz CT molecular complexity index is 792. The molecule has 0 saturated heterocycles. The molecule has 1 unspecified atom stereocenters. The topological polar surface area (TPSA) is 57.5 Å². The Labute approximate surface area is 242 Å². The van der Waals surface area contributed by atoms with Gasteiger partial charge in [-0.1, -0.05) is 170 Å².